The van der Waals surface area contributed by atoms with Gasteiger partial charge >= 0.3 is 5.97 Å². The highest BCUT2D eigenvalue weighted by atomic mass is 16.5. The van der Waals surface area contributed by atoms with Gasteiger partial charge in [0.05, 0.1) is 13.2 Å². The van der Waals surface area contributed by atoms with Crippen molar-refractivity contribution in [2.45, 2.75) is 32.9 Å². The fraction of sp³-hybridized carbons (Fsp3) is 0.583. The van der Waals surface area contributed by atoms with E-state index >= 15 is 0 Å². The summed E-state index contributed by atoms with van der Waals surface area (Å²) in [6.45, 7) is 6.77. The largest absolute Gasteiger partial charge is 0.475 e. The SMILES string of the molecule is COCC(C)(C)NCc1cc(C)c(C(=O)O)o1. The summed E-state index contributed by atoms with van der Waals surface area (Å²) < 4.78 is 10.3. The molecule has 5 nitrogen and oxygen atoms in total. The van der Waals surface area contributed by atoms with Crippen LogP contribution in [0.15, 0.2) is 10.5 Å². The molecule has 0 atom stereocenters. The van der Waals surface area contributed by atoms with E-state index in [0.29, 0.717) is 24.5 Å². The molecule has 0 spiro atoms. The molecule has 0 unspecified atom stereocenters. The Bertz CT molecular complexity index is 395. The second-order valence-corrected chi connectivity index (χ2v) is 4.70. The van der Waals surface area contributed by atoms with Crippen molar-refractivity contribution < 1.29 is 19.1 Å². The third-order valence-electron chi connectivity index (χ3n) is 2.41. The van der Waals surface area contributed by atoms with E-state index in [-0.39, 0.29) is 11.3 Å². The van der Waals surface area contributed by atoms with Crippen molar-refractivity contribution in [3.05, 3.63) is 23.2 Å². The smallest absolute Gasteiger partial charge is 0.372 e. The molecular weight excluding hydrogens is 222 g/mol. The molecule has 0 saturated heterocycles. The van der Waals surface area contributed by atoms with Gasteiger partial charge in [0.15, 0.2) is 0 Å². The number of furan rings is 1. The van der Waals surface area contributed by atoms with Crippen LogP contribution in [-0.4, -0.2) is 30.3 Å². The van der Waals surface area contributed by atoms with Crippen LogP contribution in [0.5, 0.6) is 0 Å². The van der Waals surface area contributed by atoms with Crippen LogP contribution in [0.2, 0.25) is 0 Å². The van der Waals surface area contributed by atoms with Gasteiger partial charge in [0.25, 0.3) is 0 Å². The Balaban J connectivity index is 2.64. The van der Waals surface area contributed by atoms with Crippen LogP contribution in [0.3, 0.4) is 0 Å². The fourth-order valence-corrected chi connectivity index (χ4v) is 1.59. The third-order valence-corrected chi connectivity index (χ3v) is 2.41. The Kier molecular flexibility index (Phi) is 4.31. The van der Waals surface area contributed by atoms with Gasteiger partial charge < -0.3 is 19.6 Å². The summed E-state index contributed by atoms with van der Waals surface area (Å²) in [5, 5.41) is 12.1. The monoisotopic (exact) mass is 241 g/mol. The van der Waals surface area contributed by atoms with Gasteiger partial charge in [-0.05, 0) is 26.8 Å². The van der Waals surface area contributed by atoms with Crippen LogP contribution < -0.4 is 5.32 Å². The van der Waals surface area contributed by atoms with Gasteiger partial charge in [0, 0.05) is 18.2 Å². The summed E-state index contributed by atoms with van der Waals surface area (Å²) in [6, 6.07) is 1.74. The molecule has 1 aromatic heterocycles. The molecule has 1 aromatic rings. The Morgan fingerprint density at radius 1 is 1.59 bits per heavy atom. The van der Waals surface area contributed by atoms with Gasteiger partial charge in [-0.25, -0.2) is 4.79 Å². The van der Waals surface area contributed by atoms with Crippen LogP contribution in [0.4, 0.5) is 0 Å². The lowest BCUT2D eigenvalue weighted by Gasteiger charge is -2.24. The first-order valence-corrected chi connectivity index (χ1v) is 5.42. The van der Waals surface area contributed by atoms with Crippen molar-refractivity contribution in [1.29, 1.82) is 0 Å². The van der Waals surface area contributed by atoms with Crippen molar-refractivity contribution in [3.8, 4) is 0 Å². The summed E-state index contributed by atoms with van der Waals surface area (Å²) in [7, 11) is 1.64. The topological polar surface area (TPSA) is 71.7 Å². The molecule has 5 heteroatoms. The summed E-state index contributed by atoms with van der Waals surface area (Å²) >= 11 is 0. The van der Waals surface area contributed by atoms with Gasteiger partial charge in [0.2, 0.25) is 5.76 Å². The van der Waals surface area contributed by atoms with Crippen molar-refractivity contribution in [3.63, 3.8) is 0 Å². The molecule has 2 N–H and O–H groups in total. The molecule has 0 saturated carbocycles. The van der Waals surface area contributed by atoms with Crippen molar-refractivity contribution in [1.82, 2.24) is 5.32 Å². The van der Waals surface area contributed by atoms with Crippen molar-refractivity contribution >= 4 is 5.97 Å². The zero-order valence-corrected chi connectivity index (χ0v) is 10.7. The van der Waals surface area contributed by atoms with Crippen LogP contribution in [0.1, 0.15) is 35.7 Å². The normalized spacial score (nSPS) is 11.8. The zero-order valence-electron chi connectivity index (χ0n) is 10.7. The van der Waals surface area contributed by atoms with Gasteiger partial charge in [-0.1, -0.05) is 0 Å². The first-order valence-electron chi connectivity index (χ1n) is 5.42. The first-order chi connectivity index (χ1) is 7.85. The highest BCUT2D eigenvalue weighted by molar-refractivity contribution is 5.86. The summed E-state index contributed by atoms with van der Waals surface area (Å²) in [5.74, 6) is -0.416. The molecule has 0 aromatic carbocycles. The van der Waals surface area contributed by atoms with Crippen LogP contribution in [-0.2, 0) is 11.3 Å². The zero-order chi connectivity index (χ0) is 13.1. The second kappa shape index (κ2) is 5.33. The van der Waals surface area contributed by atoms with Gasteiger partial charge in [0.1, 0.15) is 5.76 Å². The highest BCUT2D eigenvalue weighted by Crippen LogP contribution is 2.15. The first kappa shape index (κ1) is 13.7. The molecular formula is C12H19NO4. The quantitative estimate of drug-likeness (QED) is 0.794. The minimum absolute atomic E-state index is 0.00588. The third kappa shape index (κ3) is 3.87. The maximum absolute atomic E-state index is 10.8. The maximum atomic E-state index is 10.8. The van der Waals surface area contributed by atoms with E-state index in [1.165, 1.54) is 0 Å². The van der Waals surface area contributed by atoms with Crippen molar-refractivity contribution in [2.75, 3.05) is 13.7 Å². The Labute approximate surface area is 101 Å². The van der Waals surface area contributed by atoms with Crippen LogP contribution in [0, 0.1) is 6.92 Å². The standard InChI is InChI=1S/C12H19NO4/c1-8-5-9(17-10(8)11(14)15)6-13-12(2,3)7-16-4/h5,13H,6-7H2,1-4H3,(H,14,15). The summed E-state index contributed by atoms with van der Waals surface area (Å²) in [5.41, 5.74) is 0.456. The van der Waals surface area contributed by atoms with E-state index in [2.05, 4.69) is 5.32 Å². The Hall–Kier alpha value is -1.33. The molecule has 0 aliphatic carbocycles. The lowest BCUT2D eigenvalue weighted by Crippen LogP contribution is -2.42. The van der Waals surface area contributed by atoms with E-state index < -0.39 is 5.97 Å². The number of hydrogen-bond acceptors (Lipinski definition) is 4. The maximum Gasteiger partial charge on any atom is 0.372 e. The molecule has 17 heavy (non-hydrogen) atoms. The minimum Gasteiger partial charge on any atom is -0.475 e. The predicted molar refractivity (Wildman–Crippen MR) is 63.2 cm³/mol. The number of hydrogen-bond donors (Lipinski definition) is 2. The number of carboxylic acid groups (broad SMARTS) is 1. The highest BCUT2D eigenvalue weighted by Gasteiger charge is 2.19. The van der Waals surface area contributed by atoms with Crippen LogP contribution in [0.25, 0.3) is 0 Å². The summed E-state index contributed by atoms with van der Waals surface area (Å²) in [6.07, 6.45) is 0. The number of aromatic carboxylic acids is 1. The van der Waals surface area contributed by atoms with Gasteiger partial charge in [-0.15, -0.1) is 0 Å². The molecule has 0 fully saturated rings. The number of carbonyl (C=O) groups is 1. The van der Waals surface area contributed by atoms with E-state index in [1.54, 1.807) is 20.1 Å². The Morgan fingerprint density at radius 3 is 2.71 bits per heavy atom. The predicted octanol–water partition coefficient (Wildman–Crippen LogP) is 1.80. The molecule has 96 valence electrons. The molecule has 1 rings (SSSR count). The lowest BCUT2D eigenvalue weighted by molar-refractivity contribution is 0.0658. The number of aryl methyl sites for hydroxylation is 1. The number of carboxylic acids is 1. The minimum atomic E-state index is -1.04. The van der Waals surface area contributed by atoms with Gasteiger partial charge in [-0.3, -0.25) is 0 Å². The number of nitrogens with one attached hydrogen (secondary N) is 1. The van der Waals surface area contributed by atoms with E-state index in [4.69, 9.17) is 14.3 Å². The second-order valence-electron chi connectivity index (χ2n) is 4.70. The average Bonchev–Trinajstić information content (AvgIpc) is 2.57. The molecule has 0 bridgehead atoms. The van der Waals surface area contributed by atoms with Crippen molar-refractivity contribution in [2.24, 2.45) is 0 Å². The number of ether oxygens (including phenoxy) is 1. The Morgan fingerprint density at radius 2 is 2.24 bits per heavy atom. The average molecular weight is 241 g/mol. The number of rotatable bonds is 6. The van der Waals surface area contributed by atoms with E-state index in [0.717, 1.165) is 0 Å². The van der Waals surface area contributed by atoms with Gasteiger partial charge in [-0.2, -0.15) is 0 Å². The fourth-order valence-electron chi connectivity index (χ4n) is 1.59. The molecule has 0 radical (unpaired) electrons. The lowest BCUT2D eigenvalue weighted by atomic mass is 10.1. The van der Waals surface area contributed by atoms with E-state index in [1.807, 2.05) is 13.8 Å². The number of methoxy groups -OCH3 is 1. The molecule has 1 heterocycles. The molecule has 0 aliphatic heterocycles. The molecule has 0 aliphatic rings. The van der Waals surface area contributed by atoms with E-state index in [9.17, 15) is 4.79 Å². The molecule has 0 amide bonds. The summed E-state index contributed by atoms with van der Waals surface area (Å²) in [4.78, 5) is 10.8. The van der Waals surface area contributed by atoms with Crippen LogP contribution >= 0.6 is 0 Å².